The van der Waals surface area contributed by atoms with Crippen LogP contribution in [0, 0.1) is 4.77 Å². The van der Waals surface area contributed by atoms with Crippen LogP contribution in [0.15, 0.2) is 6.20 Å². The molecule has 15 heavy (non-hydrogen) atoms. The molecule has 0 amide bonds. The van der Waals surface area contributed by atoms with E-state index < -0.39 is 0 Å². The highest BCUT2D eigenvalue weighted by molar-refractivity contribution is 7.71. The second kappa shape index (κ2) is 5.85. The van der Waals surface area contributed by atoms with Crippen molar-refractivity contribution in [1.82, 2.24) is 9.13 Å². The normalized spacial score (nSPS) is 10.5. The number of hydrogen-bond acceptors (Lipinski definition) is 2. The fourth-order valence-corrected chi connectivity index (χ4v) is 1.83. The fourth-order valence-electron chi connectivity index (χ4n) is 1.58. The van der Waals surface area contributed by atoms with Crippen LogP contribution in [0.25, 0.3) is 0 Å². The zero-order chi connectivity index (χ0) is 11.3. The topological polar surface area (TPSA) is 26.9 Å². The average molecular weight is 226 g/mol. The van der Waals surface area contributed by atoms with E-state index in [1.807, 2.05) is 17.8 Å². The first-order valence-electron chi connectivity index (χ1n) is 5.42. The predicted molar refractivity (Wildman–Crippen MR) is 63.8 cm³/mol. The SMILES string of the molecule is CCCCCCn1cc(C=O)n(C)c1=S. The van der Waals surface area contributed by atoms with Gasteiger partial charge in [-0.2, -0.15) is 0 Å². The van der Waals surface area contributed by atoms with Crippen LogP contribution >= 0.6 is 12.2 Å². The van der Waals surface area contributed by atoms with Crippen LogP contribution in [0.5, 0.6) is 0 Å². The minimum atomic E-state index is 0.649. The van der Waals surface area contributed by atoms with Crippen molar-refractivity contribution in [3.05, 3.63) is 16.7 Å². The highest BCUT2D eigenvalue weighted by Gasteiger charge is 2.03. The monoisotopic (exact) mass is 226 g/mol. The summed E-state index contributed by atoms with van der Waals surface area (Å²) in [5.74, 6) is 0. The molecule has 3 nitrogen and oxygen atoms in total. The lowest BCUT2D eigenvalue weighted by Gasteiger charge is -2.01. The average Bonchev–Trinajstić information content (AvgIpc) is 2.52. The zero-order valence-electron chi connectivity index (χ0n) is 9.40. The van der Waals surface area contributed by atoms with Crippen LogP contribution in [-0.4, -0.2) is 15.4 Å². The van der Waals surface area contributed by atoms with Gasteiger partial charge in [0.2, 0.25) is 0 Å². The molecule has 4 heteroatoms. The maximum Gasteiger partial charge on any atom is 0.180 e. The Morgan fingerprint density at radius 2 is 2.13 bits per heavy atom. The third-order valence-corrected chi connectivity index (χ3v) is 3.09. The van der Waals surface area contributed by atoms with E-state index in [0.29, 0.717) is 5.69 Å². The van der Waals surface area contributed by atoms with Gasteiger partial charge in [-0.25, -0.2) is 0 Å². The summed E-state index contributed by atoms with van der Waals surface area (Å²) in [6, 6.07) is 0. The molecule has 0 aliphatic heterocycles. The molecule has 0 spiro atoms. The Bertz CT molecular complexity index is 378. The molecule has 0 atom stereocenters. The van der Waals surface area contributed by atoms with E-state index in [1.54, 1.807) is 4.57 Å². The van der Waals surface area contributed by atoms with Gasteiger partial charge in [0.15, 0.2) is 11.1 Å². The van der Waals surface area contributed by atoms with Crippen LogP contribution in [0.4, 0.5) is 0 Å². The van der Waals surface area contributed by atoms with Crippen molar-refractivity contribution in [2.75, 3.05) is 0 Å². The molecule has 0 aliphatic carbocycles. The first-order chi connectivity index (χ1) is 7.20. The molecule has 0 bridgehead atoms. The summed E-state index contributed by atoms with van der Waals surface area (Å²) in [5, 5.41) is 0. The Morgan fingerprint density at radius 3 is 2.67 bits per heavy atom. The van der Waals surface area contributed by atoms with Crippen LogP contribution < -0.4 is 0 Å². The molecule has 0 N–H and O–H groups in total. The molecular formula is C11H18N2OS. The summed E-state index contributed by atoms with van der Waals surface area (Å²) in [6.45, 7) is 3.11. The number of carbonyl (C=O) groups excluding carboxylic acids is 1. The summed E-state index contributed by atoms with van der Waals surface area (Å²) in [6.07, 6.45) is 7.54. The van der Waals surface area contributed by atoms with Crippen LogP contribution in [-0.2, 0) is 13.6 Å². The minimum absolute atomic E-state index is 0.649. The number of aromatic nitrogens is 2. The van der Waals surface area contributed by atoms with E-state index >= 15 is 0 Å². The van der Waals surface area contributed by atoms with Gasteiger partial charge in [-0.05, 0) is 18.6 Å². The molecule has 0 radical (unpaired) electrons. The van der Waals surface area contributed by atoms with Crippen molar-refractivity contribution in [3.63, 3.8) is 0 Å². The largest absolute Gasteiger partial charge is 0.323 e. The van der Waals surface area contributed by atoms with Crippen molar-refractivity contribution in [3.8, 4) is 0 Å². The van der Waals surface area contributed by atoms with Crippen molar-refractivity contribution in [2.45, 2.75) is 39.2 Å². The number of hydrogen-bond donors (Lipinski definition) is 0. The van der Waals surface area contributed by atoms with Gasteiger partial charge in [-0.1, -0.05) is 26.2 Å². The fraction of sp³-hybridized carbons (Fsp3) is 0.636. The van der Waals surface area contributed by atoms with E-state index in [-0.39, 0.29) is 0 Å². The van der Waals surface area contributed by atoms with E-state index in [2.05, 4.69) is 6.92 Å². The Balaban J connectivity index is 2.62. The Morgan fingerprint density at radius 1 is 1.40 bits per heavy atom. The number of rotatable bonds is 6. The van der Waals surface area contributed by atoms with Gasteiger partial charge in [-0.15, -0.1) is 0 Å². The van der Waals surface area contributed by atoms with Crippen LogP contribution in [0.3, 0.4) is 0 Å². The number of carbonyl (C=O) groups is 1. The molecule has 0 saturated carbocycles. The molecular weight excluding hydrogens is 208 g/mol. The maximum atomic E-state index is 10.7. The molecule has 0 unspecified atom stereocenters. The molecule has 0 aliphatic rings. The van der Waals surface area contributed by atoms with E-state index in [4.69, 9.17) is 12.2 Å². The molecule has 1 aromatic rings. The summed E-state index contributed by atoms with van der Waals surface area (Å²) in [7, 11) is 1.83. The van der Waals surface area contributed by atoms with Gasteiger partial charge in [-0.3, -0.25) is 4.79 Å². The number of nitrogens with zero attached hydrogens (tertiary/aromatic N) is 2. The quantitative estimate of drug-likeness (QED) is 0.423. The molecule has 0 fully saturated rings. The van der Waals surface area contributed by atoms with Crippen molar-refractivity contribution in [1.29, 1.82) is 0 Å². The van der Waals surface area contributed by atoms with Crippen molar-refractivity contribution in [2.24, 2.45) is 7.05 Å². The number of aldehydes is 1. The zero-order valence-corrected chi connectivity index (χ0v) is 10.2. The standard InChI is InChI=1S/C11H18N2OS/c1-3-4-5-6-7-13-8-10(9-14)12(2)11(13)15/h8-9H,3-7H2,1-2H3. The van der Waals surface area contributed by atoms with E-state index in [0.717, 1.165) is 24.0 Å². The molecule has 0 saturated heterocycles. The number of imidazole rings is 1. The van der Waals surface area contributed by atoms with Gasteiger partial charge in [0.05, 0.1) is 5.69 Å². The van der Waals surface area contributed by atoms with Crippen molar-refractivity contribution >= 4 is 18.5 Å². The van der Waals surface area contributed by atoms with Gasteiger partial charge < -0.3 is 9.13 Å². The van der Waals surface area contributed by atoms with Crippen LogP contribution in [0.2, 0.25) is 0 Å². The minimum Gasteiger partial charge on any atom is -0.323 e. The first-order valence-corrected chi connectivity index (χ1v) is 5.82. The predicted octanol–water partition coefficient (Wildman–Crippen LogP) is 2.95. The molecule has 84 valence electrons. The van der Waals surface area contributed by atoms with E-state index in [9.17, 15) is 4.79 Å². The Hall–Kier alpha value is -0.900. The second-order valence-corrected chi connectivity index (χ2v) is 4.13. The number of aryl methyl sites for hydroxylation is 1. The second-order valence-electron chi connectivity index (χ2n) is 3.77. The molecule has 1 aromatic heterocycles. The first kappa shape index (κ1) is 12.2. The Kier molecular flexibility index (Phi) is 4.75. The smallest absolute Gasteiger partial charge is 0.180 e. The molecule has 1 rings (SSSR count). The lowest BCUT2D eigenvalue weighted by molar-refractivity contribution is 0.111. The van der Waals surface area contributed by atoms with Gasteiger partial charge >= 0.3 is 0 Å². The van der Waals surface area contributed by atoms with Crippen LogP contribution in [0.1, 0.15) is 43.1 Å². The highest BCUT2D eigenvalue weighted by Crippen LogP contribution is 2.06. The third kappa shape index (κ3) is 3.02. The third-order valence-electron chi connectivity index (χ3n) is 2.58. The highest BCUT2D eigenvalue weighted by atomic mass is 32.1. The summed E-state index contributed by atoms with van der Waals surface area (Å²) in [4.78, 5) is 10.7. The number of unbranched alkanes of at least 4 members (excludes halogenated alkanes) is 3. The van der Waals surface area contributed by atoms with Crippen molar-refractivity contribution < 1.29 is 4.79 Å². The maximum absolute atomic E-state index is 10.7. The summed E-state index contributed by atoms with van der Waals surface area (Å²) in [5.41, 5.74) is 0.649. The Labute approximate surface area is 95.7 Å². The lowest BCUT2D eigenvalue weighted by atomic mass is 10.2. The molecule has 0 aromatic carbocycles. The summed E-state index contributed by atoms with van der Waals surface area (Å²) < 4.78 is 4.46. The van der Waals surface area contributed by atoms with Gasteiger partial charge in [0.25, 0.3) is 0 Å². The summed E-state index contributed by atoms with van der Waals surface area (Å²) >= 11 is 5.23. The van der Waals surface area contributed by atoms with Gasteiger partial charge in [0.1, 0.15) is 0 Å². The lowest BCUT2D eigenvalue weighted by Crippen LogP contribution is -1.98. The molecule has 1 heterocycles. The van der Waals surface area contributed by atoms with Gasteiger partial charge in [0, 0.05) is 19.8 Å². The van der Waals surface area contributed by atoms with E-state index in [1.165, 1.54) is 19.3 Å².